The average Bonchev–Trinajstić information content (AvgIpc) is 2.96. The van der Waals surface area contributed by atoms with Gasteiger partial charge in [-0.05, 0) is 52.6 Å². The highest BCUT2D eigenvalue weighted by molar-refractivity contribution is 6.29. The van der Waals surface area contributed by atoms with E-state index in [1.165, 1.54) is 0 Å². The number of ether oxygens (including phenoxy) is 1. The normalized spacial score (nSPS) is 15.5. The molecule has 0 saturated heterocycles. The highest BCUT2D eigenvalue weighted by atomic mass is 16.5. The van der Waals surface area contributed by atoms with Crippen molar-refractivity contribution in [2.75, 3.05) is 7.11 Å². The van der Waals surface area contributed by atoms with Crippen LogP contribution >= 0.6 is 0 Å². The van der Waals surface area contributed by atoms with Crippen molar-refractivity contribution >= 4 is 23.0 Å². The highest BCUT2D eigenvalue weighted by Crippen LogP contribution is 2.43. The van der Waals surface area contributed by atoms with E-state index in [2.05, 4.69) is 6.07 Å². The van der Waals surface area contributed by atoms with Crippen LogP contribution in [0.4, 0.5) is 0 Å². The van der Waals surface area contributed by atoms with Crippen LogP contribution in [0.3, 0.4) is 0 Å². The summed E-state index contributed by atoms with van der Waals surface area (Å²) in [7, 11) is 1.66. The van der Waals surface area contributed by atoms with Crippen LogP contribution in [0, 0.1) is 0 Å². The number of hydrogen-bond acceptors (Lipinski definition) is 2. The molecule has 0 atom stereocenters. The summed E-state index contributed by atoms with van der Waals surface area (Å²) in [5.41, 5.74) is 6.22. The molecule has 2 nitrogen and oxygen atoms in total. The van der Waals surface area contributed by atoms with E-state index in [-0.39, 0.29) is 5.78 Å². The van der Waals surface area contributed by atoms with E-state index in [0.717, 1.165) is 39.2 Å². The van der Waals surface area contributed by atoms with Crippen LogP contribution in [0.1, 0.15) is 16.7 Å². The second-order valence-electron chi connectivity index (χ2n) is 5.36. The molecule has 106 valence electrons. The Hall–Kier alpha value is -2.87. The molecule has 0 bridgehead atoms. The number of carbonyl (C=O) groups excluding carboxylic acids is 1. The van der Waals surface area contributed by atoms with Crippen molar-refractivity contribution in [1.29, 1.82) is 0 Å². The van der Waals surface area contributed by atoms with E-state index in [1.807, 2.05) is 54.6 Å². The number of ketones is 1. The van der Waals surface area contributed by atoms with Crippen LogP contribution < -0.4 is 4.74 Å². The van der Waals surface area contributed by atoms with Gasteiger partial charge in [0, 0.05) is 11.1 Å². The maximum absolute atomic E-state index is 12.2. The van der Waals surface area contributed by atoms with Gasteiger partial charge in [-0.25, -0.2) is 0 Å². The zero-order chi connectivity index (χ0) is 15.1. The summed E-state index contributed by atoms with van der Waals surface area (Å²) < 4.78 is 5.22. The summed E-state index contributed by atoms with van der Waals surface area (Å²) in [6, 6.07) is 16.1. The minimum atomic E-state index is 0.0726. The Morgan fingerprint density at radius 3 is 2.45 bits per heavy atom. The van der Waals surface area contributed by atoms with Crippen molar-refractivity contribution in [3.8, 4) is 5.75 Å². The molecule has 0 aromatic heterocycles. The number of fused-ring (bicyclic) bond motifs is 3. The molecule has 0 radical (unpaired) electrons. The third kappa shape index (κ3) is 1.85. The fraction of sp³-hybridized carbons (Fsp3) is 0.0500. The molecule has 0 fully saturated rings. The number of carbonyl (C=O) groups is 1. The van der Waals surface area contributed by atoms with Gasteiger partial charge in [-0.1, -0.05) is 36.4 Å². The second-order valence-corrected chi connectivity index (χ2v) is 5.36. The molecule has 0 unspecified atom stereocenters. The predicted octanol–water partition coefficient (Wildman–Crippen LogP) is 4.14. The van der Waals surface area contributed by atoms with Crippen LogP contribution in [0.15, 0.2) is 66.3 Å². The third-order valence-electron chi connectivity index (χ3n) is 4.14. The van der Waals surface area contributed by atoms with Gasteiger partial charge in [0.1, 0.15) is 5.75 Å². The van der Waals surface area contributed by atoms with Crippen molar-refractivity contribution < 1.29 is 9.53 Å². The van der Waals surface area contributed by atoms with Gasteiger partial charge in [0.2, 0.25) is 0 Å². The Morgan fingerprint density at radius 1 is 0.909 bits per heavy atom. The quantitative estimate of drug-likeness (QED) is 0.829. The molecule has 2 aromatic rings. The summed E-state index contributed by atoms with van der Waals surface area (Å²) in [6.07, 6.45) is 5.56. The van der Waals surface area contributed by atoms with Crippen LogP contribution in [-0.4, -0.2) is 12.9 Å². The summed E-state index contributed by atoms with van der Waals surface area (Å²) >= 11 is 0. The standard InChI is InChI=1S/C20H14O2/c1-22-15-8-6-13(7-9-15)17-10-11-19(21)18-12-14-4-2-3-5-16(14)20(17)18/h2-12H,1H3. The molecule has 2 aliphatic carbocycles. The Labute approximate surface area is 129 Å². The summed E-state index contributed by atoms with van der Waals surface area (Å²) in [6.45, 7) is 0. The Bertz CT molecular complexity index is 865. The van der Waals surface area contributed by atoms with Crippen LogP contribution in [0.2, 0.25) is 0 Å². The van der Waals surface area contributed by atoms with E-state index < -0.39 is 0 Å². The van der Waals surface area contributed by atoms with Crippen molar-refractivity contribution in [2.24, 2.45) is 0 Å². The lowest BCUT2D eigenvalue weighted by molar-refractivity contribution is -0.110. The Balaban J connectivity index is 1.94. The largest absolute Gasteiger partial charge is 0.497 e. The zero-order valence-corrected chi connectivity index (χ0v) is 12.2. The first-order valence-corrected chi connectivity index (χ1v) is 7.20. The van der Waals surface area contributed by atoms with Crippen molar-refractivity contribution in [3.63, 3.8) is 0 Å². The van der Waals surface area contributed by atoms with Crippen LogP contribution in [0.25, 0.3) is 17.2 Å². The third-order valence-corrected chi connectivity index (χ3v) is 4.14. The molecule has 0 heterocycles. The van der Waals surface area contributed by atoms with Gasteiger partial charge >= 0.3 is 0 Å². The van der Waals surface area contributed by atoms with Gasteiger partial charge in [0.05, 0.1) is 7.11 Å². The van der Waals surface area contributed by atoms with Gasteiger partial charge in [-0.2, -0.15) is 0 Å². The van der Waals surface area contributed by atoms with Crippen molar-refractivity contribution in [3.05, 3.63) is 82.9 Å². The number of rotatable bonds is 2. The van der Waals surface area contributed by atoms with Crippen molar-refractivity contribution in [2.45, 2.75) is 0 Å². The van der Waals surface area contributed by atoms with Gasteiger partial charge in [0.15, 0.2) is 5.78 Å². The summed E-state index contributed by atoms with van der Waals surface area (Å²) in [4.78, 5) is 12.2. The van der Waals surface area contributed by atoms with Crippen LogP contribution in [-0.2, 0) is 4.79 Å². The SMILES string of the molecule is COc1ccc(C2=C3C(=Cc4ccccc43)C(=O)C=C2)cc1. The van der Waals surface area contributed by atoms with Gasteiger partial charge < -0.3 is 4.74 Å². The molecule has 0 aliphatic heterocycles. The van der Waals surface area contributed by atoms with Crippen molar-refractivity contribution in [1.82, 2.24) is 0 Å². The number of methoxy groups -OCH3 is 1. The predicted molar refractivity (Wildman–Crippen MR) is 88.4 cm³/mol. The van der Waals surface area contributed by atoms with E-state index >= 15 is 0 Å². The maximum Gasteiger partial charge on any atom is 0.186 e. The van der Waals surface area contributed by atoms with E-state index in [9.17, 15) is 4.79 Å². The fourth-order valence-electron chi connectivity index (χ4n) is 3.05. The fourth-order valence-corrected chi connectivity index (χ4v) is 3.05. The molecule has 0 N–H and O–H groups in total. The highest BCUT2D eigenvalue weighted by Gasteiger charge is 2.28. The van der Waals surface area contributed by atoms with E-state index in [4.69, 9.17) is 4.74 Å². The number of benzene rings is 2. The molecule has 0 amide bonds. The molecule has 2 heteroatoms. The molecular weight excluding hydrogens is 272 g/mol. The lowest BCUT2D eigenvalue weighted by Gasteiger charge is -2.16. The minimum absolute atomic E-state index is 0.0726. The van der Waals surface area contributed by atoms with E-state index in [0.29, 0.717) is 0 Å². The monoisotopic (exact) mass is 286 g/mol. The Morgan fingerprint density at radius 2 is 1.68 bits per heavy atom. The molecule has 2 aromatic carbocycles. The second kappa shape index (κ2) is 4.85. The van der Waals surface area contributed by atoms with E-state index in [1.54, 1.807) is 13.2 Å². The first-order chi connectivity index (χ1) is 10.8. The minimum Gasteiger partial charge on any atom is -0.497 e. The average molecular weight is 286 g/mol. The number of hydrogen-bond donors (Lipinski definition) is 0. The molecule has 0 spiro atoms. The molecule has 2 aliphatic rings. The first-order valence-electron chi connectivity index (χ1n) is 7.20. The smallest absolute Gasteiger partial charge is 0.186 e. The Kier molecular flexibility index (Phi) is 2.83. The zero-order valence-electron chi connectivity index (χ0n) is 12.2. The lowest BCUT2D eigenvalue weighted by Crippen LogP contribution is -2.05. The summed E-state index contributed by atoms with van der Waals surface area (Å²) in [5, 5.41) is 0. The molecule has 0 saturated carbocycles. The maximum atomic E-state index is 12.2. The first kappa shape index (κ1) is 12.8. The topological polar surface area (TPSA) is 26.3 Å². The van der Waals surface area contributed by atoms with Gasteiger partial charge in [-0.15, -0.1) is 0 Å². The van der Waals surface area contributed by atoms with Gasteiger partial charge in [-0.3, -0.25) is 4.79 Å². The summed E-state index contributed by atoms with van der Waals surface area (Å²) in [5.74, 6) is 0.899. The lowest BCUT2D eigenvalue weighted by atomic mass is 9.87. The molecule has 22 heavy (non-hydrogen) atoms. The molecule has 4 rings (SSSR count). The van der Waals surface area contributed by atoms with Crippen LogP contribution in [0.5, 0.6) is 5.75 Å². The van der Waals surface area contributed by atoms with Gasteiger partial charge in [0.25, 0.3) is 0 Å². The molecular formula is C20H14O2. The number of allylic oxidation sites excluding steroid dienone is 5.